The molecule has 2 aromatic carbocycles. The fraction of sp³-hybridized carbons (Fsp3) is 0.150. The Morgan fingerprint density at radius 3 is 2.20 bits per heavy atom. The Labute approximate surface area is 147 Å². The summed E-state index contributed by atoms with van der Waals surface area (Å²) in [6.07, 6.45) is 0. The van der Waals surface area contributed by atoms with Gasteiger partial charge in [0.15, 0.2) is 0 Å². The first kappa shape index (κ1) is 16.5. The molecule has 5 heteroatoms. The average Bonchev–Trinajstić information content (AvgIpc) is 2.58. The first-order valence-electron chi connectivity index (χ1n) is 8.01. The summed E-state index contributed by atoms with van der Waals surface area (Å²) in [6.45, 7) is 6.05. The van der Waals surface area contributed by atoms with Crippen LogP contribution in [-0.2, 0) is 0 Å². The Bertz CT molecular complexity index is 919. The van der Waals surface area contributed by atoms with Crippen molar-refractivity contribution >= 4 is 23.1 Å². The van der Waals surface area contributed by atoms with E-state index in [2.05, 4.69) is 52.7 Å². The number of para-hydroxylation sites is 1. The second-order valence-corrected chi connectivity index (χ2v) is 5.92. The number of hydrogen-bond acceptors (Lipinski definition) is 5. The smallest absolute Gasteiger partial charge is 0.229 e. The van der Waals surface area contributed by atoms with E-state index < -0.39 is 0 Å². The van der Waals surface area contributed by atoms with Gasteiger partial charge in [0.25, 0.3) is 0 Å². The number of nitrogens with zero attached hydrogens (tertiary/aromatic N) is 3. The molecular formula is C20H19N5. The summed E-state index contributed by atoms with van der Waals surface area (Å²) < 4.78 is 0. The molecule has 0 amide bonds. The van der Waals surface area contributed by atoms with Crippen LogP contribution in [-0.4, -0.2) is 9.97 Å². The molecule has 0 atom stereocenters. The topological polar surface area (TPSA) is 73.6 Å². The lowest BCUT2D eigenvalue weighted by Gasteiger charge is -2.13. The van der Waals surface area contributed by atoms with Crippen LogP contribution < -0.4 is 10.6 Å². The zero-order chi connectivity index (χ0) is 17.8. The van der Waals surface area contributed by atoms with Crippen LogP contribution in [0, 0.1) is 32.1 Å². The third-order valence-electron chi connectivity index (χ3n) is 3.86. The summed E-state index contributed by atoms with van der Waals surface area (Å²) in [7, 11) is 0. The van der Waals surface area contributed by atoms with Gasteiger partial charge >= 0.3 is 0 Å². The van der Waals surface area contributed by atoms with Gasteiger partial charge < -0.3 is 10.6 Å². The fourth-order valence-corrected chi connectivity index (χ4v) is 2.59. The van der Waals surface area contributed by atoms with Crippen LogP contribution in [0.4, 0.5) is 23.1 Å². The molecule has 0 bridgehead atoms. The molecule has 0 aliphatic carbocycles. The van der Waals surface area contributed by atoms with Gasteiger partial charge in [-0.3, -0.25) is 0 Å². The van der Waals surface area contributed by atoms with Gasteiger partial charge in [0.1, 0.15) is 5.82 Å². The lowest BCUT2D eigenvalue weighted by atomic mass is 10.1. The van der Waals surface area contributed by atoms with Crippen LogP contribution in [0.2, 0.25) is 0 Å². The predicted octanol–water partition coefficient (Wildman–Crippen LogP) is 4.76. The number of hydrogen-bond donors (Lipinski definition) is 2. The largest absolute Gasteiger partial charge is 0.340 e. The van der Waals surface area contributed by atoms with Crippen LogP contribution in [0.1, 0.15) is 22.4 Å². The molecule has 0 radical (unpaired) electrons. The van der Waals surface area contributed by atoms with Crippen molar-refractivity contribution in [1.29, 1.82) is 5.26 Å². The van der Waals surface area contributed by atoms with Gasteiger partial charge in [-0.05, 0) is 56.2 Å². The number of nitrogens with one attached hydrogen (secondary N) is 2. The molecule has 0 spiro atoms. The summed E-state index contributed by atoms with van der Waals surface area (Å²) in [4.78, 5) is 9.03. The summed E-state index contributed by atoms with van der Waals surface area (Å²) in [5.74, 6) is 1.25. The Morgan fingerprint density at radius 1 is 0.880 bits per heavy atom. The van der Waals surface area contributed by atoms with Crippen molar-refractivity contribution in [3.63, 3.8) is 0 Å². The highest BCUT2D eigenvalue weighted by Crippen LogP contribution is 2.24. The highest BCUT2D eigenvalue weighted by atomic mass is 15.1. The monoisotopic (exact) mass is 329 g/mol. The first-order valence-corrected chi connectivity index (χ1v) is 8.01. The van der Waals surface area contributed by atoms with Crippen LogP contribution >= 0.6 is 0 Å². The van der Waals surface area contributed by atoms with Crippen molar-refractivity contribution in [2.45, 2.75) is 20.8 Å². The third kappa shape index (κ3) is 3.93. The van der Waals surface area contributed by atoms with Crippen molar-refractivity contribution < 1.29 is 0 Å². The van der Waals surface area contributed by atoms with Gasteiger partial charge in [0.05, 0.1) is 11.6 Å². The summed E-state index contributed by atoms with van der Waals surface area (Å²) >= 11 is 0. The maximum absolute atomic E-state index is 8.88. The number of rotatable bonds is 4. The molecule has 1 heterocycles. The Morgan fingerprint density at radius 2 is 1.56 bits per heavy atom. The zero-order valence-electron chi connectivity index (χ0n) is 14.5. The van der Waals surface area contributed by atoms with Crippen LogP contribution in [0.25, 0.3) is 0 Å². The first-order chi connectivity index (χ1) is 12.0. The molecule has 0 saturated heterocycles. The van der Waals surface area contributed by atoms with Crippen LogP contribution in [0.15, 0.2) is 48.5 Å². The normalized spacial score (nSPS) is 10.2. The molecule has 5 nitrogen and oxygen atoms in total. The van der Waals surface area contributed by atoms with Gasteiger partial charge in [-0.1, -0.05) is 18.2 Å². The van der Waals surface area contributed by atoms with Gasteiger partial charge in [-0.25, -0.2) is 4.98 Å². The van der Waals surface area contributed by atoms with E-state index in [1.807, 2.05) is 31.2 Å². The Balaban J connectivity index is 1.86. The van der Waals surface area contributed by atoms with Crippen molar-refractivity contribution in [3.8, 4) is 6.07 Å². The van der Waals surface area contributed by atoms with Gasteiger partial charge in [0, 0.05) is 23.1 Å². The van der Waals surface area contributed by atoms with E-state index in [1.54, 1.807) is 12.1 Å². The van der Waals surface area contributed by atoms with Crippen LogP contribution in [0.3, 0.4) is 0 Å². The van der Waals surface area contributed by atoms with Crippen molar-refractivity contribution in [2.24, 2.45) is 0 Å². The summed E-state index contributed by atoms with van der Waals surface area (Å²) in [5.41, 5.74) is 5.67. The highest BCUT2D eigenvalue weighted by Gasteiger charge is 2.07. The quantitative estimate of drug-likeness (QED) is 0.722. The number of nitriles is 1. The maximum atomic E-state index is 8.88. The number of benzene rings is 2. The molecule has 124 valence electrons. The van der Waals surface area contributed by atoms with Crippen molar-refractivity contribution in [3.05, 3.63) is 70.9 Å². The standard InChI is InChI=1S/C20H19N5/c1-13-5-4-6-14(2)19(13)25-20-22-15(3)11-18(24-20)23-17-9-7-16(12-21)8-10-17/h4-11H,1-3H3,(H2,22,23,24,25). The lowest BCUT2D eigenvalue weighted by Crippen LogP contribution is -2.04. The van der Waals surface area contributed by atoms with E-state index in [-0.39, 0.29) is 0 Å². The SMILES string of the molecule is Cc1cc(Nc2ccc(C#N)cc2)nc(Nc2c(C)cccc2C)n1. The molecule has 0 fully saturated rings. The summed E-state index contributed by atoms with van der Waals surface area (Å²) in [5, 5.41) is 15.4. The molecule has 0 saturated carbocycles. The van der Waals surface area contributed by atoms with Gasteiger partial charge in [-0.2, -0.15) is 10.2 Å². The van der Waals surface area contributed by atoms with Gasteiger partial charge in [-0.15, -0.1) is 0 Å². The van der Waals surface area contributed by atoms with Crippen molar-refractivity contribution in [2.75, 3.05) is 10.6 Å². The zero-order valence-corrected chi connectivity index (χ0v) is 14.5. The minimum Gasteiger partial charge on any atom is -0.340 e. The molecule has 0 aliphatic heterocycles. The average molecular weight is 329 g/mol. The number of aromatic nitrogens is 2. The molecular weight excluding hydrogens is 310 g/mol. The molecule has 0 unspecified atom stereocenters. The van der Waals surface area contributed by atoms with Crippen LogP contribution in [0.5, 0.6) is 0 Å². The van der Waals surface area contributed by atoms with E-state index in [0.29, 0.717) is 17.3 Å². The molecule has 1 aromatic heterocycles. The van der Waals surface area contributed by atoms with E-state index >= 15 is 0 Å². The Kier molecular flexibility index (Phi) is 4.62. The molecule has 3 rings (SSSR count). The van der Waals surface area contributed by atoms with E-state index in [1.165, 1.54) is 0 Å². The van der Waals surface area contributed by atoms with E-state index in [0.717, 1.165) is 28.2 Å². The maximum Gasteiger partial charge on any atom is 0.229 e. The predicted molar refractivity (Wildman–Crippen MR) is 100 cm³/mol. The lowest BCUT2D eigenvalue weighted by molar-refractivity contribution is 1.10. The molecule has 0 aliphatic rings. The number of anilines is 4. The minimum absolute atomic E-state index is 0.550. The molecule has 25 heavy (non-hydrogen) atoms. The second kappa shape index (κ2) is 7.02. The molecule has 3 aromatic rings. The van der Waals surface area contributed by atoms with Crippen molar-refractivity contribution in [1.82, 2.24) is 9.97 Å². The summed E-state index contributed by atoms with van der Waals surface area (Å²) in [6, 6.07) is 17.4. The Hall–Kier alpha value is -3.39. The minimum atomic E-state index is 0.550. The van der Waals surface area contributed by atoms with Gasteiger partial charge in [0.2, 0.25) is 5.95 Å². The van der Waals surface area contributed by atoms with E-state index in [9.17, 15) is 0 Å². The number of aryl methyl sites for hydroxylation is 3. The fourth-order valence-electron chi connectivity index (χ4n) is 2.59. The molecule has 2 N–H and O–H groups in total. The van der Waals surface area contributed by atoms with E-state index in [4.69, 9.17) is 5.26 Å². The third-order valence-corrected chi connectivity index (χ3v) is 3.86. The second-order valence-electron chi connectivity index (χ2n) is 5.92. The highest BCUT2D eigenvalue weighted by molar-refractivity contribution is 5.65.